The predicted octanol–water partition coefficient (Wildman–Crippen LogP) is 3.40. The normalized spacial score (nSPS) is 23.8. The van der Waals surface area contributed by atoms with E-state index >= 15 is 0 Å². The quantitative estimate of drug-likeness (QED) is 0.608. The van der Waals surface area contributed by atoms with Gasteiger partial charge in [0.2, 0.25) is 0 Å². The van der Waals surface area contributed by atoms with E-state index in [2.05, 4.69) is 27.7 Å². The van der Waals surface area contributed by atoms with Crippen molar-refractivity contribution in [2.45, 2.75) is 46.6 Å². The van der Waals surface area contributed by atoms with Gasteiger partial charge in [-0.15, -0.1) is 0 Å². The van der Waals surface area contributed by atoms with E-state index in [4.69, 9.17) is 4.74 Å². The third-order valence-electron chi connectivity index (χ3n) is 3.00. The van der Waals surface area contributed by atoms with Crippen LogP contribution in [0.25, 0.3) is 0 Å². The Labute approximate surface area is 82.2 Å². The minimum Gasteiger partial charge on any atom is -0.377 e. The fourth-order valence-electron chi connectivity index (χ4n) is 2.40. The van der Waals surface area contributed by atoms with E-state index in [1.54, 1.807) is 11.1 Å². The number of ether oxygens (including phenoxy) is 1. The first-order valence-electron chi connectivity index (χ1n) is 5.33. The van der Waals surface area contributed by atoms with Crippen molar-refractivity contribution in [2.24, 2.45) is 11.8 Å². The average molecular weight is 182 g/mol. The molecule has 0 aromatic rings. The lowest BCUT2D eigenvalue weighted by Gasteiger charge is -2.19. The second-order valence-corrected chi connectivity index (χ2v) is 4.55. The zero-order valence-electron chi connectivity index (χ0n) is 9.55. The molecule has 76 valence electrons. The first-order valence-corrected chi connectivity index (χ1v) is 5.33. The number of rotatable bonds is 3. The van der Waals surface area contributed by atoms with Crippen LogP contribution in [-0.4, -0.2) is 13.2 Å². The van der Waals surface area contributed by atoms with E-state index in [1.165, 1.54) is 12.8 Å². The molecule has 0 radical (unpaired) electrons. The molecule has 0 amide bonds. The third-order valence-corrected chi connectivity index (χ3v) is 3.00. The Balaban J connectivity index is 2.91. The summed E-state index contributed by atoms with van der Waals surface area (Å²) in [6.07, 6.45) is 2.83. The molecule has 0 heterocycles. The van der Waals surface area contributed by atoms with Gasteiger partial charge in [0.1, 0.15) is 0 Å². The predicted molar refractivity (Wildman–Crippen MR) is 56.7 cm³/mol. The van der Waals surface area contributed by atoms with Crippen LogP contribution >= 0.6 is 0 Å². The van der Waals surface area contributed by atoms with Gasteiger partial charge in [0.15, 0.2) is 0 Å². The second-order valence-electron chi connectivity index (χ2n) is 4.55. The fourth-order valence-corrected chi connectivity index (χ4v) is 2.40. The molecule has 1 nitrogen and oxygen atoms in total. The zero-order valence-corrected chi connectivity index (χ0v) is 9.55. The summed E-state index contributed by atoms with van der Waals surface area (Å²) in [5, 5.41) is 0. The van der Waals surface area contributed by atoms with Crippen LogP contribution in [0.1, 0.15) is 40.5 Å². The lowest BCUT2D eigenvalue weighted by atomic mass is 9.92. The Kier molecular flexibility index (Phi) is 3.55. The smallest absolute Gasteiger partial charge is 0.0789 e. The van der Waals surface area contributed by atoms with Crippen LogP contribution in [0.2, 0.25) is 0 Å². The summed E-state index contributed by atoms with van der Waals surface area (Å²) in [5.41, 5.74) is 3.21. The first-order chi connectivity index (χ1) is 6.07. The fraction of sp³-hybridized carbons (Fsp3) is 0.833. The number of allylic oxidation sites excluding steroid dienone is 1. The Morgan fingerprint density at radius 2 is 1.77 bits per heavy atom. The van der Waals surface area contributed by atoms with Crippen molar-refractivity contribution in [1.82, 2.24) is 0 Å². The molecule has 1 aliphatic rings. The van der Waals surface area contributed by atoms with Gasteiger partial charge in [0.05, 0.1) is 6.10 Å². The third kappa shape index (κ3) is 2.14. The number of hydrogen-bond donors (Lipinski definition) is 0. The molecule has 0 aromatic heterocycles. The van der Waals surface area contributed by atoms with Crippen LogP contribution in [-0.2, 0) is 4.74 Å². The summed E-state index contributed by atoms with van der Waals surface area (Å²) in [5.74, 6) is 1.34. The Morgan fingerprint density at radius 3 is 2.15 bits per heavy atom. The monoisotopic (exact) mass is 182 g/mol. The van der Waals surface area contributed by atoms with Gasteiger partial charge in [-0.3, -0.25) is 0 Å². The summed E-state index contributed by atoms with van der Waals surface area (Å²) in [6, 6.07) is 0. The van der Waals surface area contributed by atoms with E-state index in [1.807, 2.05) is 7.11 Å². The van der Waals surface area contributed by atoms with Crippen molar-refractivity contribution in [3.63, 3.8) is 0 Å². The van der Waals surface area contributed by atoms with Crippen LogP contribution in [0.4, 0.5) is 0 Å². The second kappa shape index (κ2) is 4.28. The van der Waals surface area contributed by atoms with E-state index in [0.29, 0.717) is 17.9 Å². The minimum absolute atomic E-state index is 0.400. The van der Waals surface area contributed by atoms with Gasteiger partial charge in [-0.25, -0.2) is 0 Å². The SMILES string of the molecule is COC1CCC(C(C)C)=C1C(C)C. The van der Waals surface area contributed by atoms with E-state index in [0.717, 1.165) is 0 Å². The molecule has 0 N–H and O–H groups in total. The van der Waals surface area contributed by atoms with Gasteiger partial charge in [-0.2, -0.15) is 0 Å². The molecule has 0 fully saturated rings. The molecular formula is C12H22O. The maximum Gasteiger partial charge on any atom is 0.0789 e. The highest BCUT2D eigenvalue weighted by Crippen LogP contribution is 2.37. The molecule has 1 aliphatic carbocycles. The van der Waals surface area contributed by atoms with Crippen molar-refractivity contribution >= 4 is 0 Å². The Bertz CT molecular complexity index is 201. The van der Waals surface area contributed by atoms with Gasteiger partial charge < -0.3 is 4.74 Å². The minimum atomic E-state index is 0.400. The number of methoxy groups -OCH3 is 1. The van der Waals surface area contributed by atoms with Crippen molar-refractivity contribution in [2.75, 3.05) is 7.11 Å². The lowest BCUT2D eigenvalue weighted by Crippen LogP contribution is -2.14. The van der Waals surface area contributed by atoms with E-state index in [-0.39, 0.29) is 0 Å². The van der Waals surface area contributed by atoms with Crippen molar-refractivity contribution < 1.29 is 4.74 Å². The molecule has 13 heavy (non-hydrogen) atoms. The standard InChI is InChI=1S/C12H22O/c1-8(2)10-6-7-11(13-5)12(10)9(3)4/h8-9,11H,6-7H2,1-5H3. The molecule has 1 atom stereocenters. The van der Waals surface area contributed by atoms with E-state index in [9.17, 15) is 0 Å². The molecule has 0 aliphatic heterocycles. The molecule has 0 aromatic carbocycles. The summed E-state index contributed by atoms with van der Waals surface area (Å²) in [7, 11) is 1.83. The zero-order chi connectivity index (χ0) is 10.0. The summed E-state index contributed by atoms with van der Waals surface area (Å²) in [6.45, 7) is 9.12. The largest absolute Gasteiger partial charge is 0.377 e. The van der Waals surface area contributed by atoms with Crippen LogP contribution in [0.3, 0.4) is 0 Å². The average Bonchev–Trinajstić information content (AvgIpc) is 2.46. The molecule has 0 spiro atoms. The van der Waals surface area contributed by atoms with Crippen LogP contribution < -0.4 is 0 Å². The van der Waals surface area contributed by atoms with Crippen molar-refractivity contribution in [1.29, 1.82) is 0 Å². The van der Waals surface area contributed by atoms with Crippen LogP contribution in [0.5, 0.6) is 0 Å². The van der Waals surface area contributed by atoms with Gasteiger partial charge in [-0.1, -0.05) is 33.3 Å². The summed E-state index contributed by atoms with van der Waals surface area (Å²) in [4.78, 5) is 0. The van der Waals surface area contributed by atoms with Crippen LogP contribution in [0, 0.1) is 11.8 Å². The van der Waals surface area contributed by atoms with Gasteiger partial charge in [-0.05, 0) is 30.3 Å². The molecule has 0 saturated heterocycles. The van der Waals surface area contributed by atoms with Crippen molar-refractivity contribution in [3.05, 3.63) is 11.1 Å². The van der Waals surface area contributed by atoms with Crippen LogP contribution in [0.15, 0.2) is 11.1 Å². The maximum atomic E-state index is 5.51. The molecule has 1 rings (SSSR count). The Hall–Kier alpha value is -0.300. The van der Waals surface area contributed by atoms with Gasteiger partial charge >= 0.3 is 0 Å². The summed E-state index contributed by atoms with van der Waals surface area (Å²) >= 11 is 0. The molecule has 0 saturated carbocycles. The highest BCUT2D eigenvalue weighted by atomic mass is 16.5. The van der Waals surface area contributed by atoms with Crippen molar-refractivity contribution in [3.8, 4) is 0 Å². The Morgan fingerprint density at radius 1 is 1.15 bits per heavy atom. The highest BCUT2D eigenvalue weighted by Gasteiger charge is 2.28. The first kappa shape index (κ1) is 10.8. The highest BCUT2D eigenvalue weighted by molar-refractivity contribution is 5.27. The molecule has 1 unspecified atom stereocenters. The number of hydrogen-bond acceptors (Lipinski definition) is 1. The van der Waals surface area contributed by atoms with Gasteiger partial charge in [0.25, 0.3) is 0 Å². The maximum absolute atomic E-state index is 5.51. The molecule has 0 bridgehead atoms. The topological polar surface area (TPSA) is 9.23 Å². The lowest BCUT2D eigenvalue weighted by molar-refractivity contribution is 0.125. The van der Waals surface area contributed by atoms with E-state index < -0.39 is 0 Å². The summed E-state index contributed by atoms with van der Waals surface area (Å²) < 4.78 is 5.51. The molecular weight excluding hydrogens is 160 g/mol. The van der Waals surface area contributed by atoms with Gasteiger partial charge in [0, 0.05) is 7.11 Å². The molecule has 1 heteroatoms.